The maximum absolute atomic E-state index is 12.3. The number of hydrogen-bond acceptors (Lipinski definition) is 3. The van der Waals surface area contributed by atoms with Crippen LogP contribution in [0.2, 0.25) is 0 Å². The van der Waals surface area contributed by atoms with Gasteiger partial charge in [0.2, 0.25) is 0 Å². The van der Waals surface area contributed by atoms with E-state index in [0.717, 1.165) is 77.0 Å². The summed E-state index contributed by atoms with van der Waals surface area (Å²) in [4.78, 5) is 23.8. The van der Waals surface area contributed by atoms with Crippen molar-refractivity contribution in [3.8, 4) is 0 Å². The second-order valence-electron chi connectivity index (χ2n) is 8.90. The average Bonchev–Trinajstić information content (AvgIpc) is 2.68. The zero-order valence-electron chi connectivity index (χ0n) is 19.8. The van der Waals surface area contributed by atoms with E-state index in [-0.39, 0.29) is 0 Å². The topological polar surface area (TPSA) is 108 Å². The highest BCUT2D eigenvalue weighted by molar-refractivity contribution is 8.60. The van der Waals surface area contributed by atoms with Crippen LogP contribution in [0.3, 0.4) is 0 Å². The van der Waals surface area contributed by atoms with E-state index in [1.807, 2.05) is 0 Å². The lowest BCUT2D eigenvalue weighted by Gasteiger charge is -2.78. The van der Waals surface area contributed by atoms with Gasteiger partial charge in [0.1, 0.15) is 0 Å². The van der Waals surface area contributed by atoms with Gasteiger partial charge in [-0.25, -0.2) is 13.9 Å². The molecule has 0 aromatic rings. The zero-order chi connectivity index (χ0) is 23.0. The van der Waals surface area contributed by atoms with Gasteiger partial charge in [0, 0.05) is 23.0 Å². The first-order chi connectivity index (χ1) is 14.2. The predicted molar refractivity (Wildman–Crippen MR) is 129 cm³/mol. The van der Waals surface area contributed by atoms with Gasteiger partial charge in [-0.05, 0) is 25.7 Å². The quantitative estimate of drug-likeness (QED) is 0.126. The first-order valence-electron chi connectivity index (χ1n) is 11.9. The van der Waals surface area contributed by atoms with Crippen LogP contribution in [0.15, 0.2) is 0 Å². The van der Waals surface area contributed by atoms with Crippen molar-refractivity contribution in [2.24, 2.45) is 0 Å². The highest BCUT2D eigenvalue weighted by Crippen LogP contribution is 2.87. The molecule has 0 bridgehead atoms. The molecule has 0 aromatic heterocycles. The highest BCUT2D eigenvalue weighted by Gasteiger charge is 2.61. The molecule has 0 heterocycles. The highest BCUT2D eigenvalue weighted by atomic mass is 32.4. The van der Waals surface area contributed by atoms with Crippen molar-refractivity contribution in [1.82, 2.24) is 10.2 Å². The van der Waals surface area contributed by atoms with Gasteiger partial charge in [0.05, 0.1) is 0 Å². The summed E-state index contributed by atoms with van der Waals surface area (Å²) in [6.07, 6.45) is 8.80. The molecule has 0 unspecified atom stereocenters. The summed E-state index contributed by atoms with van der Waals surface area (Å²) in [5.41, 5.74) is 2.22. The summed E-state index contributed by atoms with van der Waals surface area (Å²) in [6, 6.07) is 0. The Bertz CT molecular complexity index is 472. The molecule has 0 aromatic carbocycles. The smallest absolute Gasteiger partial charge is 0.429 e. The maximum atomic E-state index is 12.3. The Kier molecular flexibility index (Phi) is 12.8. The standard InChI is InChI=1S/C22H48N2O5S/c1-5-9-13-17-30(24-22(27)28,18-14-10-6-2,19-15-11-7-3,20-16-12-8-4)29-23-21(25)26/h23-24H,5-20H2,1-4H3,(H,25,26)(H,27,28). The summed E-state index contributed by atoms with van der Waals surface area (Å²) in [7, 11) is -3.99. The first kappa shape index (κ1) is 28.9. The van der Waals surface area contributed by atoms with E-state index in [2.05, 4.69) is 37.9 Å². The number of nitrogens with one attached hydrogen (secondary N) is 2. The van der Waals surface area contributed by atoms with Crippen LogP contribution < -0.4 is 10.2 Å². The molecule has 8 heteroatoms. The summed E-state index contributed by atoms with van der Waals surface area (Å²) in [5.74, 6) is 2.32. The second-order valence-corrected chi connectivity index (χ2v) is 15.6. The number of unbranched alkanes of at least 4 members (excludes halogenated alkanes) is 8. The third kappa shape index (κ3) is 8.53. The Labute approximate surface area is 183 Å². The lowest BCUT2D eigenvalue weighted by molar-refractivity contribution is 0.135. The van der Waals surface area contributed by atoms with E-state index < -0.39 is 20.9 Å². The fourth-order valence-electron chi connectivity index (χ4n) is 4.62. The lowest BCUT2D eigenvalue weighted by atomic mass is 10.3. The van der Waals surface area contributed by atoms with Gasteiger partial charge in [-0.1, -0.05) is 79.1 Å². The Balaban J connectivity index is 6.64. The Morgan fingerprint density at radius 2 is 0.967 bits per heavy atom. The molecule has 0 fully saturated rings. The fraction of sp³-hybridized carbons (Fsp3) is 0.909. The summed E-state index contributed by atoms with van der Waals surface area (Å²) in [6.45, 7) is 8.47. The minimum Gasteiger partial charge on any atom is -0.464 e. The minimum atomic E-state index is -3.99. The van der Waals surface area contributed by atoms with Crippen molar-refractivity contribution in [2.45, 2.75) is 105 Å². The van der Waals surface area contributed by atoms with E-state index in [1.165, 1.54) is 0 Å². The van der Waals surface area contributed by atoms with E-state index in [9.17, 15) is 19.8 Å². The maximum Gasteiger partial charge on any atom is 0.429 e. The predicted octanol–water partition coefficient (Wildman–Crippen LogP) is 6.92. The summed E-state index contributed by atoms with van der Waals surface area (Å²) in [5, 5.41) is 19.5. The largest absolute Gasteiger partial charge is 0.464 e. The SMILES string of the molecule is CCCCCS(CCCCC)(CCCCC)(CCCCC)(NC(=O)O)ONC(=O)O. The minimum absolute atomic E-state index is 0.581. The molecule has 0 radical (unpaired) electrons. The molecule has 2 amide bonds. The van der Waals surface area contributed by atoms with E-state index in [1.54, 1.807) is 0 Å². The van der Waals surface area contributed by atoms with Crippen LogP contribution in [0.1, 0.15) is 105 Å². The molecule has 0 rings (SSSR count). The van der Waals surface area contributed by atoms with Crippen LogP contribution in [-0.2, 0) is 4.28 Å². The van der Waals surface area contributed by atoms with Crippen molar-refractivity contribution in [3.05, 3.63) is 0 Å². The van der Waals surface area contributed by atoms with Gasteiger partial charge in [-0.2, -0.15) is 5.48 Å². The van der Waals surface area contributed by atoms with Crippen LogP contribution in [-0.4, -0.2) is 45.4 Å². The van der Waals surface area contributed by atoms with E-state index in [0.29, 0.717) is 23.0 Å². The number of rotatable bonds is 19. The summed E-state index contributed by atoms with van der Waals surface area (Å²) < 4.78 is 9.34. The third-order valence-corrected chi connectivity index (χ3v) is 13.9. The molecule has 7 nitrogen and oxygen atoms in total. The van der Waals surface area contributed by atoms with Crippen LogP contribution in [0, 0.1) is 0 Å². The molecule has 0 spiro atoms. The van der Waals surface area contributed by atoms with Gasteiger partial charge in [-0.3, -0.25) is 4.72 Å². The van der Waals surface area contributed by atoms with Crippen LogP contribution in [0.25, 0.3) is 0 Å². The van der Waals surface area contributed by atoms with Gasteiger partial charge >= 0.3 is 12.2 Å². The Morgan fingerprint density at radius 1 is 0.633 bits per heavy atom. The molecule has 0 atom stereocenters. The molecule has 0 aliphatic carbocycles. The van der Waals surface area contributed by atoms with Crippen molar-refractivity contribution in [1.29, 1.82) is 0 Å². The molecule has 0 aliphatic rings. The van der Waals surface area contributed by atoms with Gasteiger partial charge in [0.25, 0.3) is 0 Å². The van der Waals surface area contributed by atoms with Crippen molar-refractivity contribution in [2.75, 3.05) is 23.0 Å². The number of hydroxylamine groups is 1. The van der Waals surface area contributed by atoms with Crippen molar-refractivity contribution < 1.29 is 24.1 Å². The van der Waals surface area contributed by atoms with Gasteiger partial charge in [0.15, 0.2) is 0 Å². The molecule has 30 heavy (non-hydrogen) atoms. The fourth-order valence-corrected chi connectivity index (χ4v) is 11.9. The zero-order valence-corrected chi connectivity index (χ0v) is 20.7. The van der Waals surface area contributed by atoms with Gasteiger partial charge < -0.3 is 10.2 Å². The first-order valence-corrected chi connectivity index (χ1v) is 15.0. The summed E-state index contributed by atoms with van der Waals surface area (Å²) >= 11 is 0. The van der Waals surface area contributed by atoms with E-state index >= 15 is 0 Å². The monoisotopic (exact) mass is 452 g/mol. The molecule has 182 valence electrons. The Hall–Kier alpha value is -1.15. The van der Waals surface area contributed by atoms with Crippen LogP contribution in [0.5, 0.6) is 0 Å². The molecule has 0 saturated heterocycles. The molecule has 4 N–H and O–H groups in total. The number of amides is 2. The number of carbonyl (C=O) groups is 2. The van der Waals surface area contributed by atoms with Crippen molar-refractivity contribution >= 4 is 20.9 Å². The molecule has 0 aliphatic heterocycles. The Morgan fingerprint density at radius 3 is 1.20 bits per heavy atom. The average molecular weight is 453 g/mol. The van der Waals surface area contributed by atoms with E-state index in [4.69, 9.17) is 4.28 Å². The van der Waals surface area contributed by atoms with Crippen LogP contribution in [0.4, 0.5) is 9.59 Å². The second kappa shape index (κ2) is 13.3. The van der Waals surface area contributed by atoms with Gasteiger partial charge in [-0.15, -0.1) is 8.76 Å². The molecular weight excluding hydrogens is 404 g/mol. The lowest BCUT2D eigenvalue weighted by Crippen LogP contribution is -2.63. The third-order valence-electron chi connectivity index (χ3n) is 6.29. The van der Waals surface area contributed by atoms with Crippen molar-refractivity contribution in [3.63, 3.8) is 0 Å². The molecule has 0 saturated carbocycles. The number of hydrogen-bond donors (Lipinski definition) is 4. The number of carboxylic acid groups (broad SMARTS) is 2. The van der Waals surface area contributed by atoms with Crippen LogP contribution >= 0.6 is 8.76 Å². The normalized spacial score (nSPS) is 14.0. The molecular formula is C22H48N2O5S.